The second-order valence-corrected chi connectivity index (χ2v) is 7.11. The van der Waals surface area contributed by atoms with Crippen molar-refractivity contribution < 1.29 is 18.4 Å². The van der Waals surface area contributed by atoms with Crippen LogP contribution in [0.15, 0.2) is 47.0 Å². The summed E-state index contributed by atoms with van der Waals surface area (Å²) in [7, 11) is 0. The van der Waals surface area contributed by atoms with Crippen molar-refractivity contribution in [2.75, 3.05) is 19.7 Å². The molecule has 6 nitrogen and oxygen atoms in total. The van der Waals surface area contributed by atoms with E-state index in [0.717, 1.165) is 22.6 Å². The molecule has 1 aromatic carbocycles. The lowest BCUT2D eigenvalue weighted by Crippen LogP contribution is -2.43. The lowest BCUT2D eigenvalue weighted by Gasteiger charge is -2.33. The third-order valence-electron chi connectivity index (χ3n) is 5.11. The number of rotatable bonds is 4. The second kappa shape index (κ2) is 8.13. The first-order valence-electron chi connectivity index (χ1n) is 9.56. The normalized spacial score (nSPS) is 16.8. The van der Waals surface area contributed by atoms with E-state index in [1.165, 1.54) is 6.07 Å². The largest absolute Gasteiger partial charge is 0.368 e. The number of carbonyl (C=O) groups is 1. The molecule has 3 aromatic rings. The molecule has 0 bridgehead atoms. The fourth-order valence-electron chi connectivity index (χ4n) is 3.59. The predicted octanol–water partition coefficient (Wildman–Crippen LogP) is 3.64. The van der Waals surface area contributed by atoms with Crippen LogP contribution >= 0.6 is 0 Å². The molecule has 1 aliphatic rings. The number of morpholine rings is 1. The molecule has 1 atom stereocenters. The Balaban J connectivity index is 1.51. The van der Waals surface area contributed by atoms with E-state index in [4.69, 9.17) is 14.2 Å². The number of aromatic nitrogens is 2. The number of hydrogen-bond acceptors (Lipinski definition) is 5. The fourth-order valence-corrected chi connectivity index (χ4v) is 3.59. The Hall–Kier alpha value is -3.06. The number of benzene rings is 1. The number of pyridine rings is 1. The van der Waals surface area contributed by atoms with Gasteiger partial charge in [-0.2, -0.15) is 0 Å². The molecule has 0 saturated carbocycles. The Morgan fingerprint density at radius 2 is 2.03 bits per heavy atom. The molecule has 1 fully saturated rings. The number of hydrogen-bond donors (Lipinski definition) is 0. The number of carbonyl (C=O) groups excluding carboxylic acids is 1. The van der Waals surface area contributed by atoms with Crippen molar-refractivity contribution >= 4 is 5.91 Å². The molecule has 1 saturated heterocycles. The molecule has 1 aliphatic heterocycles. The topological polar surface area (TPSA) is 68.5 Å². The summed E-state index contributed by atoms with van der Waals surface area (Å²) in [6, 6.07) is 12.1. The zero-order valence-electron chi connectivity index (χ0n) is 16.4. The average Bonchev–Trinajstić information content (AvgIpc) is 3.08. The zero-order valence-corrected chi connectivity index (χ0v) is 16.4. The molecule has 1 unspecified atom stereocenters. The van der Waals surface area contributed by atoms with Crippen LogP contribution in [0.2, 0.25) is 0 Å². The van der Waals surface area contributed by atoms with E-state index < -0.39 is 0 Å². The SMILES string of the molecule is Cc1noc(C)c1-c1cccc(C2CN(C(=O)Cc3ccccc3F)CCO2)n1. The van der Waals surface area contributed by atoms with Gasteiger partial charge in [0.25, 0.3) is 0 Å². The highest BCUT2D eigenvalue weighted by Gasteiger charge is 2.27. The number of ether oxygens (including phenoxy) is 1. The molecular formula is C22H22FN3O3. The van der Waals surface area contributed by atoms with Crippen LogP contribution in [0.25, 0.3) is 11.3 Å². The van der Waals surface area contributed by atoms with Gasteiger partial charge in [-0.25, -0.2) is 9.37 Å². The monoisotopic (exact) mass is 395 g/mol. The van der Waals surface area contributed by atoms with E-state index in [1.807, 2.05) is 32.0 Å². The van der Waals surface area contributed by atoms with Gasteiger partial charge in [-0.1, -0.05) is 29.4 Å². The smallest absolute Gasteiger partial charge is 0.227 e. The molecular weight excluding hydrogens is 373 g/mol. The number of halogens is 1. The van der Waals surface area contributed by atoms with Crippen LogP contribution in [0, 0.1) is 19.7 Å². The Kier molecular flexibility index (Phi) is 5.40. The van der Waals surface area contributed by atoms with Gasteiger partial charge in [0.2, 0.25) is 5.91 Å². The van der Waals surface area contributed by atoms with E-state index >= 15 is 0 Å². The Morgan fingerprint density at radius 1 is 1.21 bits per heavy atom. The summed E-state index contributed by atoms with van der Waals surface area (Å²) in [5.41, 5.74) is 3.55. The van der Waals surface area contributed by atoms with Crippen molar-refractivity contribution in [1.82, 2.24) is 15.0 Å². The van der Waals surface area contributed by atoms with Gasteiger partial charge >= 0.3 is 0 Å². The second-order valence-electron chi connectivity index (χ2n) is 7.11. The molecule has 150 valence electrons. The van der Waals surface area contributed by atoms with E-state index in [9.17, 15) is 9.18 Å². The Labute approximate surface area is 168 Å². The van der Waals surface area contributed by atoms with Gasteiger partial charge in [0.1, 0.15) is 17.7 Å². The lowest BCUT2D eigenvalue weighted by atomic mass is 10.1. The van der Waals surface area contributed by atoms with Crippen molar-refractivity contribution in [3.63, 3.8) is 0 Å². The van der Waals surface area contributed by atoms with E-state index in [0.29, 0.717) is 31.0 Å². The van der Waals surface area contributed by atoms with Gasteiger partial charge in [0, 0.05) is 6.54 Å². The molecule has 0 radical (unpaired) electrons. The summed E-state index contributed by atoms with van der Waals surface area (Å²) in [6.07, 6.45) is -0.305. The minimum absolute atomic E-state index is 0.0337. The van der Waals surface area contributed by atoms with E-state index in [1.54, 1.807) is 23.1 Å². The van der Waals surface area contributed by atoms with Crippen molar-refractivity contribution in [2.45, 2.75) is 26.4 Å². The third-order valence-corrected chi connectivity index (χ3v) is 5.11. The van der Waals surface area contributed by atoms with Gasteiger partial charge < -0.3 is 14.2 Å². The third kappa shape index (κ3) is 4.05. The van der Waals surface area contributed by atoms with Crippen LogP contribution in [0.4, 0.5) is 4.39 Å². The maximum absolute atomic E-state index is 13.9. The molecule has 3 heterocycles. The minimum atomic E-state index is -0.362. The summed E-state index contributed by atoms with van der Waals surface area (Å²) in [5.74, 6) is 0.225. The first kappa shape index (κ1) is 19.3. The van der Waals surface area contributed by atoms with Crippen LogP contribution in [0.3, 0.4) is 0 Å². The number of aryl methyl sites for hydroxylation is 2. The highest BCUT2D eigenvalue weighted by Crippen LogP contribution is 2.28. The van der Waals surface area contributed by atoms with Crippen molar-refractivity contribution in [2.24, 2.45) is 0 Å². The first-order valence-corrected chi connectivity index (χ1v) is 9.56. The Bertz CT molecular complexity index is 1010. The van der Waals surface area contributed by atoms with Gasteiger partial charge in [-0.15, -0.1) is 0 Å². The zero-order chi connectivity index (χ0) is 20.4. The molecule has 1 amide bonds. The summed E-state index contributed by atoms with van der Waals surface area (Å²) in [4.78, 5) is 19.1. The molecule has 2 aromatic heterocycles. The summed E-state index contributed by atoms with van der Waals surface area (Å²) >= 11 is 0. The summed E-state index contributed by atoms with van der Waals surface area (Å²) in [6.45, 7) is 4.99. The van der Waals surface area contributed by atoms with Crippen LogP contribution < -0.4 is 0 Å². The predicted molar refractivity (Wildman–Crippen MR) is 105 cm³/mol. The molecule has 0 spiro atoms. The van der Waals surface area contributed by atoms with Crippen LogP contribution in [0.5, 0.6) is 0 Å². The van der Waals surface area contributed by atoms with Crippen LogP contribution in [-0.4, -0.2) is 40.6 Å². The van der Waals surface area contributed by atoms with Gasteiger partial charge in [0.05, 0.1) is 42.2 Å². The lowest BCUT2D eigenvalue weighted by molar-refractivity contribution is -0.138. The molecule has 0 N–H and O–H groups in total. The van der Waals surface area contributed by atoms with Gasteiger partial charge in [0.15, 0.2) is 0 Å². The molecule has 29 heavy (non-hydrogen) atoms. The molecule has 0 aliphatic carbocycles. The highest BCUT2D eigenvalue weighted by molar-refractivity contribution is 5.79. The maximum Gasteiger partial charge on any atom is 0.227 e. The van der Waals surface area contributed by atoms with Crippen LogP contribution in [-0.2, 0) is 16.0 Å². The van der Waals surface area contributed by atoms with Crippen molar-refractivity contribution in [1.29, 1.82) is 0 Å². The number of nitrogens with zero attached hydrogens (tertiary/aromatic N) is 3. The van der Waals surface area contributed by atoms with E-state index in [-0.39, 0.29) is 24.2 Å². The van der Waals surface area contributed by atoms with Gasteiger partial charge in [-0.05, 0) is 37.6 Å². The van der Waals surface area contributed by atoms with Crippen molar-refractivity contribution in [3.8, 4) is 11.3 Å². The summed E-state index contributed by atoms with van der Waals surface area (Å²) in [5, 5.41) is 3.99. The van der Waals surface area contributed by atoms with Gasteiger partial charge in [-0.3, -0.25) is 4.79 Å². The first-order chi connectivity index (χ1) is 14.0. The maximum atomic E-state index is 13.9. The average molecular weight is 395 g/mol. The highest BCUT2D eigenvalue weighted by atomic mass is 19.1. The quantitative estimate of drug-likeness (QED) is 0.675. The fraction of sp³-hybridized carbons (Fsp3) is 0.318. The Morgan fingerprint density at radius 3 is 2.79 bits per heavy atom. The van der Waals surface area contributed by atoms with Crippen LogP contribution in [0.1, 0.15) is 28.8 Å². The summed E-state index contributed by atoms with van der Waals surface area (Å²) < 4.78 is 25.0. The number of amides is 1. The minimum Gasteiger partial charge on any atom is -0.368 e. The van der Waals surface area contributed by atoms with Crippen molar-refractivity contribution in [3.05, 3.63) is 71.0 Å². The molecule has 7 heteroatoms. The van der Waals surface area contributed by atoms with E-state index in [2.05, 4.69) is 5.16 Å². The molecule has 4 rings (SSSR count). The standard InChI is InChI=1S/C22H22FN3O3/c1-14-22(15(2)29-25-14)19-9-5-8-18(24-19)20-13-26(10-11-28-20)21(27)12-16-6-3-4-7-17(16)23/h3-9,20H,10-13H2,1-2H3.